The SMILES string of the molecule is CCC(C)Sc1ccc(NC(=O)NCC(C)CC2(C)OCCO2)c(C)c1. The first-order valence-electron chi connectivity index (χ1n) is 9.41. The monoisotopic (exact) mass is 380 g/mol. The maximum atomic E-state index is 12.2. The smallest absolute Gasteiger partial charge is 0.319 e. The largest absolute Gasteiger partial charge is 0.348 e. The Kier molecular flexibility index (Phi) is 7.80. The molecule has 26 heavy (non-hydrogen) atoms. The van der Waals surface area contributed by atoms with Crippen molar-refractivity contribution in [2.45, 2.75) is 63.4 Å². The molecule has 146 valence electrons. The van der Waals surface area contributed by atoms with Gasteiger partial charge in [0.1, 0.15) is 0 Å². The number of hydrogen-bond acceptors (Lipinski definition) is 4. The van der Waals surface area contributed by atoms with Gasteiger partial charge in [0.15, 0.2) is 5.79 Å². The molecule has 6 heteroatoms. The average molecular weight is 381 g/mol. The lowest BCUT2D eigenvalue weighted by Gasteiger charge is -2.26. The van der Waals surface area contributed by atoms with Crippen molar-refractivity contribution in [1.82, 2.24) is 5.32 Å². The second-order valence-corrected chi connectivity index (χ2v) is 8.80. The van der Waals surface area contributed by atoms with E-state index in [4.69, 9.17) is 9.47 Å². The van der Waals surface area contributed by atoms with E-state index in [0.717, 1.165) is 24.1 Å². The van der Waals surface area contributed by atoms with Crippen LogP contribution in [0.1, 0.15) is 46.1 Å². The van der Waals surface area contributed by atoms with Gasteiger partial charge in [0.2, 0.25) is 0 Å². The van der Waals surface area contributed by atoms with Crippen LogP contribution in [0.25, 0.3) is 0 Å². The summed E-state index contributed by atoms with van der Waals surface area (Å²) in [6.45, 7) is 12.3. The standard InChI is InChI=1S/C20H32N2O3S/c1-6-16(4)26-17-7-8-18(15(3)11-17)22-19(23)21-13-14(2)12-20(5)24-9-10-25-20/h7-8,11,14,16H,6,9-10,12-13H2,1-5H3,(H2,21,22,23). The third-order valence-electron chi connectivity index (χ3n) is 4.59. The fourth-order valence-electron chi connectivity index (χ4n) is 2.98. The molecule has 1 aliphatic rings. The van der Waals surface area contributed by atoms with Crippen molar-refractivity contribution in [2.24, 2.45) is 5.92 Å². The van der Waals surface area contributed by atoms with Crippen LogP contribution in [-0.4, -0.2) is 36.8 Å². The highest BCUT2D eigenvalue weighted by atomic mass is 32.2. The van der Waals surface area contributed by atoms with Crippen LogP contribution in [0.5, 0.6) is 0 Å². The van der Waals surface area contributed by atoms with Crippen LogP contribution in [0.3, 0.4) is 0 Å². The number of urea groups is 1. The van der Waals surface area contributed by atoms with E-state index in [1.807, 2.05) is 31.7 Å². The minimum absolute atomic E-state index is 0.180. The fraction of sp³-hybridized carbons (Fsp3) is 0.650. The number of carbonyl (C=O) groups is 1. The number of rotatable bonds is 8. The van der Waals surface area contributed by atoms with Gasteiger partial charge in [-0.3, -0.25) is 0 Å². The zero-order valence-corrected chi connectivity index (χ0v) is 17.4. The molecule has 2 rings (SSSR count). The van der Waals surface area contributed by atoms with Crippen molar-refractivity contribution in [3.05, 3.63) is 23.8 Å². The predicted molar refractivity (Wildman–Crippen MR) is 108 cm³/mol. The predicted octanol–water partition coefficient (Wildman–Crippen LogP) is 4.80. The minimum atomic E-state index is -0.517. The Bertz CT molecular complexity index is 603. The Morgan fingerprint density at radius 2 is 2.00 bits per heavy atom. The van der Waals surface area contributed by atoms with E-state index in [2.05, 4.69) is 43.5 Å². The van der Waals surface area contributed by atoms with Crippen molar-refractivity contribution in [2.75, 3.05) is 25.1 Å². The molecular weight excluding hydrogens is 348 g/mol. The Labute approximate surface area is 161 Å². The maximum Gasteiger partial charge on any atom is 0.319 e. The van der Waals surface area contributed by atoms with Crippen molar-refractivity contribution in [3.8, 4) is 0 Å². The molecule has 1 aromatic rings. The summed E-state index contributed by atoms with van der Waals surface area (Å²) in [6, 6.07) is 5.99. The highest BCUT2D eigenvalue weighted by molar-refractivity contribution is 7.99. The first-order valence-corrected chi connectivity index (χ1v) is 10.3. The summed E-state index contributed by atoms with van der Waals surface area (Å²) in [5.74, 6) is -0.253. The molecule has 0 radical (unpaired) electrons. The molecule has 2 unspecified atom stereocenters. The van der Waals surface area contributed by atoms with Crippen molar-refractivity contribution >= 4 is 23.5 Å². The van der Waals surface area contributed by atoms with E-state index in [1.165, 1.54) is 4.90 Å². The molecule has 2 amide bonds. The molecule has 1 saturated heterocycles. The fourth-order valence-corrected chi connectivity index (χ4v) is 4.00. The summed E-state index contributed by atoms with van der Waals surface area (Å²) in [5.41, 5.74) is 1.92. The summed E-state index contributed by atoms with van der Waals surface area (Å²) < 4.78 is 11.2. The Morgan fingerprint density at radius 1 is 1.31 bits per heavy atom. The Hall–Kier alpha value is -1.24. The van der Waals surface area contributed by atoms with Crippen LogP contribution >= 0.6 is 11.8 Å². The normalized spacial score (nSPS) is 18.3. The highest BCUT2D eigenvalue weighted by Gasteiger charge is 2.32. The van der Waals surface area contributed by atoms with Gasteiger partial charge in [0, 0.05) is 28.8 Å². The molecule has 1 heterocycles. The molecule has 1 fully saturated rings. The Morgan fingerprint density at radius 3 is 2.62 bits per heavy atom. The van der Waals surface area contributed by atoms with Crippen molar-refractivity contribution in [3.63, 3.8) is 0 Å². The summed E-state index contributed by atoms with van der Waals surface area (Å²) in [4.78, 5) is 13.4. The van der Waals surface area contributed by atoms with Crippen molar-refractivity contribution in [1.29, 1.82) is 0 Å². The second-order valence-electron chi connectivity index (χ2n) is 7.29. The van der Waals surface area contributed by atoms with Crippen molar-refractivity contribution < 1.29 is 14.3 Å². The molecule has 0 aliphatic carbocycles. The summed E-state index contributed by atoms with van der Waals surface area (Å²) in [5, 5.41) is 6.47. The van der Waals surface area contributed by atoms with Gasteiger partial charge in [-0.2, -0.15) is 0 Å². The highest BCUT2D eigenvalue weighted by Crippen LogP contribution is 2.29. The zero-order chi connectivity index (χ0) is 19.2. The molecule has 2 N–H and O–H groups in total. The topological polar surface area (TPSA) is 59.6 Å². The molecule has 0 bridgehead atoms. The Balaban J connectivity index is 1.80. The van der Waals surface area contributed by atoms with Gasteiger partial charge in [-0.05, 0) is 49.9 Å². The third-order valence-corrected chi connectivity index (χ3v) is 5.85. The van der Waals surface area contributed by atoms with Gasteiger partial charge < -0.3 is 20.1 Å². The summed E-state index contributed by atoms with van der Waals surface area (Å²) in [6.07, 6.45) is 1.90. The molecule has 0 spiro atoms. The average Bonchev–Trinajstić information content (AvgIpc) is 3.01. The van der Waals surface area contributed by atoms with Gasteiger partial charge in [-0.15, -0.1) is 11.8 Å². The summed E-state index contributed by atoms with van der Waals surface area (Å²) in [7, 11) is 0. The number of thioether (sulfide) groups is 1. The molecule has 5 nitrogen and oxygen atoms in total. The number of ether oxygens (including phenoxy) is 2. The number of aryl methyl sites for hydroxylation is 1. The number of anilines is 1. The number of benzene rings is 1. The lowest BCUT2D eigenvalue weighted by molar-refractivity contribution is -0.153. The van der Waals surface area contributed by atoms with E-state index in [9.17, 15) is 4.79 Å². The van der Waals surface area contributed by atoms with Gasteiger partial charge in [-0.25, -0.2) is 4.79 Å². The van der Waals surface area contributed by atoms with Crippen LogP contribution in [-0.2, 0) is 9.47 Å². The number of carbonyl (C=O) groups excluding carboxylic acids is 1. The minimum Gasteiger partial charge on any atom is -0.348 e. The number of hydrogen-bond donors (Lipinski definition) is 2. The molecular formula is C20H32N2O3S. The second kappa shape index (κ2) is 9.62. The van der Waals surface area contributed by atoms with Crippen LogP contribution < -0.4 is 10.6 Å². The van der Waals surface area contributed by atoms with E-state index < -0.39 is 5.79 Å². The van der Waals surface area contributed by atoms with Gasteiger partial charge in [-0.1, -0.05) is 20.8 Å². The first-order chi connectivity index (χ1) is 12.3. The lowest BCUT2D eigenvalue weighted by atomic mass is 10.0. The third kappa shape index (κ3) is 6.49. The molecule has 0 aromatic heterocycles. The van der Waals surface area contributed by atoms with E-state index >= 15 is 0 Å². The zero-order valence-electron chi connectivity index (χ0n) is 16.6. The van der Waals surface area contributed by atoms with Gasteiger partial charge in [0.25, 0.3) is 0 Å². The number of amides is 2. The maximum absolute atomic E-state index is 12.2. The molecule has 0 saturated carbocycles. The summed E-state index contributed by atoms with van der Waals surface area (Å²) >= 11 is 1.86. The quantitative estimate of drug-likeness (QED) is 0.636. The molecule has 2 atom stereocenters. The van der Waals surface area contributed by atoms with Gasteiger partial charge >= 0.3 is 6.03 Å². The van der Waals surface area contributed by atoms with Crippen LogP contribution in [0.2, 0.25) is 0 Å². The van der Waals surface area contributed by atoms with Crippen LogP contribution in [0, 0.1) is 12.8 Å². The van der Waals surface area contributed by atoms with E-state index in [0.29, 0.717) is 25.0 Å². The van der Waals surface area contributed by atoms with E-state index in [-0.39, 0.29) is 11.9 Å². The molecule has 1 aromatic carbocycles. The lowest BCUT2D eigenvalue weighted by Crippen LogP contribution is -2.36. The molecule has 1 aliphatic heterocycles. The van der Waals surface area contributed by atoms with E-state index in [1.54, 1.807) is 0 Å². The van der Waals surface area contributed by atoms with Crippen LogP contribution in [0.4, 0.5) is 10.5 Å². The first kappa shape index (κ1) is 21.1. The van der Waals surface area contributed by atoms with Crippen LogP contribution in [0.15, 0.2) is 23.1 Å². The van der Waals surface area contributed by atoms with Gasteiger partial charge in [0.05, 0.1) is 13.2 Å². The number of nitrogens with one attached hydrogen (secondary N) is 2.